The zero-order chi connectivity index (χ0) is 14.6. The molecule has 2 rings (SSSR count). The summed E-state index contributed by atoms with van der Waals surface area (Å²) >= 11 is 0. The largest absolute Gasteiger partial charge is 0.291 e. The monoisotopic (exact) mass is 268 g/mol. The van der Waals surface area contributed by atoms with Crippen molar-refractivity contribution in [2.24, 2.45) is 0 Å². The molecular weight excluding hydrogens is 248 g/mol. The van der Waals surface area contributed by atoms with E-state index in [4.69, 9.17) is 0 Å². The molecule has 3 heteroatoms. The Hall–Kier alpha value is -2.13. The highest BCUT2D eigenvalue weighted by Crippen LogP contribution is 2.26. The van der Waals surface area contributed by atoms with Crippen molar-refractivity contribution in [2.75, 3.05) is 7.05 Å². The summed E-state index contributed by atoms with van der Waals surface area (Å²) in [6.07, 6.45) is 0. The van der Waals surface area contributed by atoms with E-state index in [0.717, 1.165) is 11.1 Å². The van der Waals surface area contributed by atoms with Crippen LogP contribution in [0.3, 0.4) is 0 Å². The Morgan fingerprint density at radius 3 is 2.00 bits per heavy atom. The summed E-state index contributed by atoms with van der Waals surface area (Å²) in [6.45, 7) is 3.83. The minimum Gasteiger partial charge on any atom is -0.291 e. The second-order valence-electron chi connectivity index (χ2n) is 5.27. The highest BCUT2D eigenvalue weighted by atomic mass is 16.2. The van der Waals surface area contributed by atoms with Gasteiger partial charge in [-0.15, -0.1) is 0 Å². The van der Waals surface area contributed by atoms with Gasteiger partial charge in [-0.25, -0.2) is 5.43 Å². The Labute approximate surface area is 120 Å². The van der Waals surface area contributed by atoms with Crippen molar-refractivity contribution in [2.45, 2.75) is 19.3 Å². The highest BCUT2D eigenvalue weighted by Gasteiger charge is 2.29. The first-order valence-corrected chi connectivity index (χ1v) is 6.69. The predicted octanol–water partition coefficient (Wildman–Crippen LogP) is 2.88. The Bertz CT molecular complexity index is 574. The van der Waals surface area contributed by atoms with E-state index in [1.54, 1.807) is 7.05 Å². The van der Waals surface area contributed by atoms with Crippen LogP contribution in [0.15, 0.2) is 54.6 Å². The van der Waals surface area contributed by atoms with Gasteiger partial charge in [0.05, 0.1) is 5.41 Å². The number of hydrogen-bond donors (Lipinski definition) is 2. The molecule has 0 aliphatic heterocycles. The number of hydrogen-bond acceptors (Lipinski definition) is 2. The first-order chi connectivity index (χ1) is 9.55. The average Bonchev–Trinajstić information content (AvgIpc) is 2.48. The lowest BCUT2D eigenvalue weighted by Gasteiger charge is -2.24. The zero-order valence-corrected chi connectivity index (χ0v) is 12.1. The molecular formula is C17H20N2O. The van der Waals surface area contributed by atoms with Gasteiger partial charge in [0.2, 0.25) is 5.91 Å². The van der Waals surface area contributed by atoms with Crippen LogP contribution >= 0.6 is 0 Å². The minimum absolute atomic E-state index is 0.0486. The zero-order valence-electron chi connectivity index (χ0n) is 12.1. The number of nitrogens with one attached hydrogen (secondary N) is 2. The molecule has 104 valence electrons. The minimum atomic E-state index is -0.571. The number of rotatable bonds is 4. The van der Waals surface area contributed by atoms with Gasteiger partial charge in [-0.3, -0.25) is 10.2 Å². The standard InChI is InChI=1S/C17H20N2O/c1-17(2,16(20)19-18-3)15-11-9-14(10-12-15)13-7-5-4-6-8-13/h4-12,18H,1-3H3,(H,19,20). The van der Waals surface area contributed by atoms with Crippen LogP contribution in [0.5, 0.6) is 0 Å². The fourth-order valence-electron chi connectivity index (χ4n) is 2.11. The molecule has 0 spiro atoms. The molecule has 0 fully saturated rings. The Morgan fingerprint density at radius 1 is 0.900 bits per heavy atom. The first-order valence-electron chi connectivity index (χ1n) is 6.69. The second kappa shape index (κ2) is 5.88. The van der Waals surface area contributed by atoms with E-state index in [1.165, 1.54) is 5.56 Å². The van der Waals surface area contributed by atoms with Crippen molar-refractivity contribution in [3.8, 4) is 11.1 Å². The molecule has 0 saturated heterocycles. The van der Waals surface area contributed by atoms with Crippen molar-refractivity contribution in [3.63, 3.8) is 0 Å². The van der Waals surface area contributed by atoms with Gasteiger partial charge in [0.1, 0.15) is 0 Å². The fraction of sp³-hybridized carbons (Fsp3) is 0.235. The van der Waals surface area contributed by atoms with Gasteiger partial charge in [-0.05, 0) is 30.5 Å². The molecule has 0 radical (unpaired) electrons. The van der Waals surface area contributed by atoms with E-state index < -0.39 is 5.41 Å². The Kier molecular flexibility index (Phi) is 4.20. The van der Waals surface area contributed by atoms with Crippen molar-refractivity contribution < 1.29 is 4.79 Å². The first kappa shape index (κ1) is 14.3. The van der Waals surface area contributed by atoms with Crippen LogP contribution in [0.25, 0.3) is 11.1 Å². The molecule has 0 aromatic heterocycles. The summed E-state index contributed by atoms with van der Waals surface area (Å²) in [5.41, 5.74) is 8.07. The normalized spacial score (nSPS) is 11.2. The maximum atomic E-state index is 12.0. The van der Waals surface area contributed by atoms with Crippen LogP contribution in [-0.2, 0) is 10.2 Å². The van der Waals surface area contributed by atoms with Gasteiger partial charge in [-0.2, -0.15) is 0 Å². The number of amides is 1. The quantitative estimate of drug-likeness (QED) is 0.837. The lowest BCUT2D eigenvalue weighted by molar-refractivity contribution is -0.126. The van der Waals surface area contributed by atoms with Crippen LogP contribution in [0.4, 0.5) is 0 Å². The molecule has 0 saturated carbocycles. The second-order valence-corrected chi connectivity index (χ2v) is 5.27. The maximum absolute atomic E-state index is 12.0. The van der Waals surface area contributed by atoms with E-state index in [1.807, 2.05) is 44.2 Å². The third-order valence-corrected chi connectivity index (χ3v) is 3.52. The topological polar surface area (TPSA) is 41.1 Å². The van der Waals surface area contributed by atoms with Crippen molar-refractivity contribution >= 4 is 5.91 Å². The fourth-order valence-corrected chi connectivity index (χ4v) is 2.11. The molecule has 0 heterocycles. The lowest BCUT2D eigenvalue weighted by atomic mass is 9.83. The number of carbonyl (C=O) groups is 1. The smallest absolute Gasteiger partial charge is 0.244 e. The molecule has 20 heavy (non-hydrogen) atoms. The molecule has 0 aliphatic carbocycles. The van der Waals surface area contributed by atoms with Gasteiger partial charge >= 0.3 is 0 Å². The van der Waals surface area contributed by atoms with Crippen LogP contribution in [0.2, 0.25) is 0 Å². The van der Waals surface area contributed by atoms with Gasteiger partial charge < -0.3 is 0 Å². The van der Waals surface area contributed by atoms with Gasteiger partial charge in [0, 0.05) is 7.05 Å². The number of benzene rings is 2. The summed E-state index contributed by atoms with van der Waals surface area (Å²) in [5, 5.41) is 0. The number of carbonyl (C=O) groups excluding carboxylic acids is 1. The van der Waals surface area contributed by atoms with Gasteiger partial charge in [-0.1, -0.05) is 54.6 Å². The molecule has 3 nitrogen and oxygen atoms in total. The summed E-state index contributed by atoms with van der Waals surface area (Å²) in [6, 6.07) is 18.3. The summed E-state index contributed by atoms with van der Waals surface area (Å²) in [4.78, 5) is 12.0. The molecule has 1 amide bonds. The van der Waals surface area contributed by atoms with Crippen LogP contribution in [0, 0.1) is 0 Å². The molecule has 0 aliphatic rings. The summed E-state index contributed by atoms with van der Waals surface area (Å²) in [7, 11) is 1.69. The Balaban J connectivity index is 2.26. The van der Waals surface area contributed by atoms with Crippen molar-refractivity contribution in [1.82, 2.24) is 10.9 Å². The molecule has 0 unspecified atom stereocenters. The molecule has 2 aromatic carbocycles. The van der Waals surface area contributed by atoms with E-state index in [-0.39, 0.29) is 5.91 Å². The lowest BCUT2D eigenvalue weighted by Crippen LogP contribution is -2.45. The van der Waals surface area contributed by atoms with E-state index in [2.05, 4.69) is 35.1 Å². The Morgan fingerprint density at radius 2 is 1.45 bits per heavy atom. The van der Waals surface area contributed by atoms with Crippen LogP contribution in [-0.4, -0.2) is 13.0 Å². The van der Waals surface area contributed by atoms with Crippen molar-refractivity contribution in [3.05, 3.63) is 60.2 Å². The van der Waals surface area contributed by atoms with Crippen LogP contribution < -0.4 is 10.9 Å². The average molecular weight is 268 g/mol. The van der Waals surface area contributed by atoms with Gasteiger partial charge in [0.15, 0.2) is 0 Å². The highest BCUT2D eigenvalue weighted by molar-refractivity contribution is 5.87. The number of hydrazine groups is 1. The molecule has 0 bridgehead atoms. The maximum Gasteiger partial charge on any atom is 0.244 e. The van der Waals surface area contributed by atoms with E-state index >= 15 is 0 Å². The van der Waals surface area contributed by atoms with Crippen LogP contribution in [0.1, 0.15) is 19.4 Å². The van der Waals surface area contributed by atoms with Crippen molar-refractivity contribution in [1.29, 1.82) is 0 Å². The third kappa shape index (κ3) is 2.89. The summed E-state index contributed by atoms with van der Waals surface area (Å²) in [5.74, 6) is -0.0486. The molecule has 2 aromatic rings. The predicted molar refractivity (Wildman–Crippen MR) is 82.1 cm³/mol. The molecule has 0 atom stereocenters. The summed E-state index contributed by atoms with van der Waals surface area (Å²) < 4.78 is 0. The third-order valence-electron chi connectivity index (χ3n) is 3.52. The van der Waals surface area contributed by atoms with E-state index in [0.29, 0.717) is 0 Å². The van der Waals surface area contributed by atoms with E-state index in [9.17, 15) is 4.79 Å². The SMILES string of the molecule is CNNC(=O)C(C)(C)c1ccc(-c2ccccc2)cc1. The van der Waals surface area contributed by atoms with Gasteiger partial charge in [0.25, 0.3) is 0 Å². The molecule has 2 N–H and O–H groups in total.